The van der Waals surface area contributed by atoms with Crippen LogP contribution in [0.15, 0.2) is 72.0 Å². The van der Waals surface area contributed by atoms with Crippen LogP contribution in [0.1, 0.15) is 23.9 Å². The second kappa shape index (κ2) is 13.0. The molecular weight excluding hydrogens is 492 g/mol. The minimum Gasteiger partial charge on any atom is -0.357 e. The third-order valence-electron chi connectivity index (χ3n) is 4.57. The number of aromatic nitrogens is 2. The summed E-state index contributed by atoms with van der Waals surface area (Å²) < 4.78 is 15.2. The maximum Gasteiger partial charge on any atom is 0.191 e. The quantitative estimate of drug-likeness (QED) is 0.254. The van der Waals surface area contributed by atoms with E-state index >= 15 is 0 Å². The van der Waals surface area contributed by atoms with E-state index in [1.54, 1.807) is 0 Å². The van der Waals surface area contributed by atoms with Gasteiger partial charge in [0.2, 0.25) is 0 Å². The molecule has 0 fully saturated rings. The third kappa shape index (κ3) is 7.78. The number of halogens is 2. The normalized spacial score (nSPS) is 11.1. The number of hydrogen-bond donors (Lipinski definition) is 2. The Balaban J connectivity index is 0.00000320. The lowest BCUT2D eigenvalue weighted by Gasteiger charge is -2.12. The average Bonchev–Trinajstić information content (AvgIpc) is 3.17. The van der Waals surface area contributed by atoms with Gasteiger partial charge in [-0.25, -0.2) is 9.37 Å². The summed E-state index contributed by atoms with van der Waals surface area (Å²) in [6.45, 7) is 5.04. The Hall–Kier alpha value is -2.42. The molecule has 7 heteroatoms. The molecule has 0 radical (unpaired) electrons. The van der Waals surface area contributed by atoms with E-state index in [9.17, 15) is 4.39 Å². The average molecular weight is 521 g/mol. The fourth-order valence-electron chi connectivity index (χ4n) is 3.08. The highest BCUT2D eigenvalue weighted by molar-refractivity contribution is 14.0. The van der Waals surface area contributed by atoms with Crippen LogP contribution >= 0.6 is 24.0 Å². The molecule has 160 valence electrons. The zero-order valence-corrected chi connectivity index (χ0v) is 19.6. The van der Waals surface area contributed by atoms with Crippen molar-refractivity contribution in [3.63, 3.8) is 0 Å². The largest absolute Gasteiger partial charge is 0.357 e. The lowest BCUT2D eigenvalue weighted by atomic mass is 10.1. The van der Waals surface area contributed by atoms with Gasteiger partial charge in [-0.1, -0.05) is 42.5 Å². The molecule has 0 unspecified atom stereocenters. The number of rotatable bonds is 9. The highest BCUT2D eigenvalue weighted by atomic mass is 127. The maximum absolute atomic E-state index is 13.0. The van der Waals surface area contributed by atoms with Gasteiger partial charge in [0.25, 0.3) is 0 Å². The van der Waals surface area contributed by atoms with Gasteiger partial charge in [0.1, 0.15) is 11.6 Å². The van der Waals surface area contributed by atoms with Crippen molar-refractivity contribution >= 4 is 29.9 Å². The van der Waals surface area contributed by atoms with E-state index in [4.69, 9.17) is 0 Å². The molecule has 0 aliphatic rings. The predicted octanol–water partition coefficient (Wildman–Crippen LogP) is 4.03. The van der Waals surface area contributed by atoms with Gasteiger partial charge in [-0.15, -0.1) is 24.0 Å². The molecule has 0 atom stereocenters. The molecule has 3 rings (SSSR count). The first-order valence-corrected chi connectivity index (χ1v) is 10.0. The Kier molecular flexibility index (Phi) is 10.3. The van der Waals surface area contributed by atoms with Crippen molar-refractivity contribution in [3.05, 3.63) is 89.8 Å². The van der Waals surface area contributed by atoms with E-state index in [-0.39, 0.29) is 29.8 Å². The minimum absolute atomic E-state index is 0. The van der Waals surface area contributed by atoms with Crippen molar-refractivity contribution in [1.29, 1.82) is 0 Å². The molecule has 0 aliphatic carbocycles. The van der Waals surface area contributed by atoms with Gasteiger partial charge in [0.15, 0.2) is 5.96 Å². The van der Waals surface area contributed by atoms with Crippen molar-refractivity contribution in [2.24, 2.45) is 4.99 Å². The Bertz CT molecular complexity index is 893. The van der Waals surface area contributed by atoms with Crippen LogP contribution in [-0.4, -0.2) is 35.1 Å². The van der Waals surface area contributed by atoms with Crippen LogP contribution in [0.3, 0.4) is 0 Å². The van der Waals surface area contributed by atoms with E-state index in [1.807, 2.05) is 37.5 Å². The number of benzene rings is 2. The van der Waals surface area contributed by atoms with E-state index in [0.29, 0.717) is 6.54 Å². The number of imidazole rings is 1. The Morgan fingerprint density at radius 1 is 1.00 bits per heavy atom. The van der Waals surface area contributed by atoms with Crippen molar-refractivity contribution in [1.82, 2.24) is 20.2 Å². The van der Waals surface area contributed by atoms with Gasteiger partial charge in [0.05, 0.1) is 0 Å². The Morgan fingerprint density at radius 2 is 1.77 bits per heavy atom. The fourth-order valence-corrected chi connectivity index (χ4v) is 3.08. The number of nitrogens with zero attached hydrogens (tertiary/aromatic N) is 3. The summed E-state index contributed by atoms with van der Waals surface area (Å²) >= 11 is 0. The molecule has 0 saturated heterocycles. The molecule has 30 heavy (non-hydrogen) atoms. The number of hydrogen-bond acceptors (Lipinski definition) is 2. The third-order valence-corrected chi connectivity index (χ3v) is 4.57. The summed E-state index contributed by atoms with van der Waals surface area (Å²) in [5, 5.41) is 6.60. The van der Waals surface area contributed by atoms with Crippen LogP contribution in [0.5, 0.6) is 0 Å². The molecule has 1 aromatic heterocycles. The van der Waals surface area contributed by atoms with E-state index in [2.05, 4.69) is 49.4 Å². The van der Waals surface area contributed by atoms with Crippen LogP contribution in [-0.2, 0) is 19.4 Å². The summed E-state index contributed by atoms with van der Waals surface area (Å²) in [6, 6.07) is 17.0. The summed E-state index contributed by atoms with van der Waals surface area (Å²) in [5.41, 5.74) is 2.35. The standard InChI is InChI=1S/C23H28FN5.HI/c1-2-25-23(27-14-12-19-8-10-21(24)11-9-19)28-15-13-22-26-16-17-29(22)18-20-6-4-3-5-7-20;/h3-11,16-17H,2,12-15,18H2,1H3,(H2,25,27,28);1H. The van der Waals surface area contributed by atoms with Crippen LogP contribution in [0.4, 0.5) is 4.39 Å². The van der Waals surface area contributed by atoms with Gasteiger partial charge in [-0.2, -0.15) is 0 Å². The predicted molar refractivity (Wildman–Crippen MR) is 131 cm³/mol. The van der Waals surface area contributed by atoms with Crippen molar-refractivity contribution in [3.8, 4) is 0 Å². The Morgan fingerprint density at radius 3 is 2.50 bits per heavy atom. The topological polar surface area (TPSA) is 54.2 Å². The molecule has 2 aromatic carbocycles. The van der Waals surface area contributed by atoms with Crippen molar-refractivity contribution in [2.75, 3.05) is 19.6 Å². The smallest absolute Gasteiger partial charge is 0.191 e. The van der Waals surface area contributed by atoms with Gasteiger partial charge < -0.3 is 15.2 Å². The Labute approximate surface area is 194 Å². The SMILES string of the molecule is CCNC(=NCCc1nccn1Cc1ccccc1)NCCc1ccc(F)cc1.I. The molecule has 2 N–H and O–H groups in total. The van der Waals surface area contributed by atoms with E-state index in [0.717, 1.165) is 49.8 Å². The number of aliphatic imine (C=N–C) groups is 1. The number of nitrogens with one attached hydrogen (secondary N) is 2. The molecule has 0 amide bonds. The summed E-state index contributed by atoms with van der Waals surface area (Å²) in [7, 11) is 0. The zero-order valence-electron chi connectivity index (χ0n) is 17.2. The van der Waals surface area contributed by atoms with Crippen LogP contribution < -0.4 is 10.6 Å². The highest BCUT2D eigenvalue weighted by Crippen LogP contribution is 2.06. The van der Waals surface area contributed by atoms with Crippen LogP contribution in [0, 0.1) is 5.82 Å². The summed E-state index contributed by atoms with van der Waals surface area (Å²) in [6.07, 6.45) is 5.44. The molecule has 0 saturated carbocycles. The van der Waals surface area contributed by atoms with E-state index in [1.165, 1.54) is 17.7 Å². The minimum atomic E-state index is -0.206. The first-order valence-electron chi connectivity index (χ1n) is 10.0. The molecule has 5 nitrogen and oxygen atoms in total. The first-order chi connectivity index (χ1) is 14.2. The lowest BCUT2D eigenvalue weighted by Crippen LogP contribution is -2.38. The highest BCUT2D eigenvalue weighted by Gasteiger charge is 2.04. The molecule has 1 heterocycles. The van der Waals surface area contributed by atoms with Gasteiger partial charge in [-0.05, 0) is 36.6 Å². The summed E-state index contributed by atoms with van der Waals surface area (Å²) in [5.74, 6) is 1.61. The summed E-state index contributed by atoms with van der Waals surface area (Å²) in [4.78, 5) is 9.15. The zero-order chi connectivity index (χ0) is 20.3. The van der Waals surface area contributed by atoms with Crippen LogP contribution in [0.2, 0.25) is 0 Å². The van der Waals surface area contributed by atoms with E-state index < -0.39 is 0 Å². The van der Waals surface area contributed by atoms with Gasteiger partial charge in [-0.3, -0.25) is 4.99 Å². The lowest BCUT2D eigenvalue weighted by molar-refractivity contribution is 0.626. The fraction of sp³-hybridized carbons (Fsp3) is 0.304. The van der Waals surface area contributed by atoms with Gasteiger partial charge >= 0.3 is 0 Å². The second-order valence-corrected chi connectivity index (χ2v) is 6.77. The molecule has 0 bridgehead atoms. The van der Waals surface area contributed by atoms with Crippen molar-refractivity contribution < 1.29 is 4.39 Å². The maximum atomic E-state index is 13.0. The molecular formula is C23H29FIN5. The second-order valence-electron chi connectivity index (χ2n) is 6.77. The van der Waals surface area contributed by atoms with Gasteiger partial charge in [0, 0.05) is 45.0 Å². The number of guanidine groups is 1. The molecule has 0 spiro atoms. The van der Waals surface area contributed by atoms with Crippen molar-refractivity contribution in [2.45, 2.75) is 26.3 Å². The molecule has 3 aromatic rings. The molecule has 0 aliphatic heterocycles. The van der Waals surface area contributed by atoms with Crippen LogP contribution in [0.25, 0.3) is 0 Å². The first kappa shape index (κ1) is 23.9. The monoisotopic (exact) mass is 521 g/mol.